The van der Waals surface area contributed by atoms with Crippen LogP contribution in [0.15, 0.2) is 18.2 Å². The number of rotatable bonds is 6. The highest BCUT2D eigenvalue weighted by molar-refractivity contribution is 5.37. The van der Waals surface area contributed by atoms with Crippen molar-refractivity contribution < 1.29 is 14.4 Å². The summed E-state index contributed by atoms with van der Waals surface area (Å²) in [6.45, 7) is 6.58. The highest BCUT2D eigenvalue weighted by atomic mass is 19.1. The van der Waals surface area contributed by atoms with Crippen LogP contribution in [0.4, 0.5) is 10.1 Å². The first-order valence-corrected chi connectivity index (χ1v) is 6.18. The summed E-state index contributed by atoms with van der Waals surface area (Å²) in [6.07, 6.45) is -0.918. The Morgan fingerprint density at radius 2 is 2.05 bits per heavy atom. The van der Waals surface area contributed by atoms with Gasteiger partial charge >= 0.3 is 5.69 Å². The van der Waals surface area contributed by atoms with Crippen molar-refractivity contribution in [3.8, 4) is 0 Å². The Morgan fingerprint density at radius 3 is 2.58 bits per heavy atom. The van der Waals surface area contributed by atoms with E-state index in [1.807, 2.05) is 13.8 Å². The van der Waals surface area contributed by atoms with E-state index in [1.165, 1.54) is 6.07 Å². The lowest BCUT2D eigenvalue weighted by Crippen LogP contribution is -2.34. The molecule has 5 nitrogen and oxygen atoms in total. The van der Waals surface area contributed by atoms with Crippen LogP contribution in [-0.4, -0.2) is 22.6 Å². The molecule has 0 heterocycles. The second-order valence-corrected chi connectivity index (χ2v) is 5.00. The minimum absolute atomic E-state index is 0.271. The largest absolute Gasteiger partial charge is 0.387 e. The van der Waals surface area contributed by atoms with E-state index in [-0.39, 0.29) is 6.04 Å². The van der Waals surface area contributed by atoms with Gasteiger partial charge in [0.25, 0.3) is 0 Å². The highest BCUT2D eigenvalue weighted by Gasteiger charge is 2.21. The average molecular weight is 270 g/mol. The number of nitrogens with one attached hydrogen (secondary N) is 1. The molecular weight excluding hydrogens is 251 g/mol. The molecular formula is C13H19FN2O3. The Kier molecular flexibility index (Phi) is 5.38. The maximum Gasteiger partial charge on any atom is 0.305 e. The zero-order valence-electron chi connectivity index (χ0n) is 11.3. The minimum atomic E-state index is -0.918. The normalized spacial score (nSPS) is 14.4. The van der Waals surface area contributed by atoms with Gasteiger partial charge in [-0.05, 0) is 31.0 Å². The van der Waals surface area contributed by atoms with Gasteiger partial charge in [-0.2, -0.15) is 4.39 Å². The Bertz CT molecular complexity index is 452. The fraction of sp³-hybridized carbons (Fsp3) is 0.538. The molecule has 2 unspecified atom stereocenters. The monoisotopic (exact) mass is 270 g/mol. The summed E-state index contributed by atoms with van der Waals surface area (Å²) >= 11 is 0. The van der Waals surface area contributed by atoms with Crippen LogP contribution in [0.3, 0.4) is 0 Å². The van der Waals surface area contributed by atoms with Crippen LogP contribution >= 0.6 is 0 Å². The molecule has 106 valence electrons. The van der Waals surface area contributed by atoms with Gasteiger partial charge in [-0.3, -0.25) is 10.1 Å². The van der Waals surface area contributed by atoms with Crippen molar-refractivity contribution in [3.05, 3.63) is 39.7 Å². The lowest BCUT2D eigenvalue weighted by Gasteiger charge is -2.21. The third kappa shape index (κ3) is 4.25. The van der Waals surface area contributed by atoms with Crippen LogP contribution in [0.25, 0.3) is 0 Å². The van der Waals surface area contributed by atoms with E-state index in [1.54, 1.807) is 6.92 Å². The van der Waals surface area contributed by atoms with E-state index < -0.39 is 22.5 Å². The van der Waals surface area contributed by atoms with Gasteiger partial charge < -0.3 is 10.4 Å². The standard InChI is InChI=1S/C13H19FN2O3/c1-8(2)7-15-9(3)13(17)10-4-5-11(14)12(6-10)16(18)19/h4-6,8-9,13,15,17H,7H2,1-3H3. The van der Waals surface area contributed by atoms with Gasteiger partial charge in [0.05, 0.1) is 11.0 Å². The van der Waals surface area contributed by atoms with Crippen molar-refractivity contribution >= 4 is 5.69 Å². The summed E-state index contributed by atoms with van der Waals surface area (Å²) in [5.41, 5.74) is -0.288. The maximum absolute atomic E-state index is 13.2. The molecule has 2 atom stereocenters. The van der Waals surface area contributed by atoms with Gasteiger partial charge in [-0.25, -0.2) is 0 Å². The van der Waals surface area contributed by atoms with E-state index in [0.29, 0.717) is 11.5 Å². The van der Waals surface area contributed by atoms with Gasteiger partial charge in [-0.15, -0.1) is 0 Å². The molecule has 0 aliphatic heterocycles. The first kappa shape index (κ1) is 15.5. The number of benzene rings is 1. The number of nitro benzene ring substituents is 1. The van der Waals surface area contributed by atoms with E-state index in [0.717, 1.165) is 18.7 Å². The summed E-state index contributed by atoms with van der Waals surface area (Å²) in [4.78, 5) is 9.86. The number of aliphatic hydroxyl groups excluding tert-OH is 1. The molecule has 0 aliphatic rings. The first-order valence-electron chi connectivity index (χ1n) is 6.18. The highest BCUT2D eigenvalue weighted by Crippen LogP contribution is 2.24. The SMILES string of the molecule is CC(C)CNC(C)C(O)c1ccc(F)c([N+](=O)[O-])c1. The second-order valence-electron chi connectivity index (χ2n) is 5.00. The molecule has 0 saturated heterocycles. The smallest absolute Gasteiger partial charge is 0.305 e. The molecule has 0 radical (unpaired) electrons. The van der Waals surface area contributed by atoms with Crippen molar-refractivity contribution in [3.63, 3.8) is 0 Å². The molecule has 6 heteroatoms. The van der Waals surface area contributed by atoms with Crippen LogP contribution in [0.2, 0.25) is 0 Å². The molecule has 0 amide bonds. The third-order valence-electron chi connectivity index (χ3n) is 2.83. The molecule has 0 fully saturated rings. The van der Waals surface area contributed by atoms with Crippen LogP contribution in [0.1, 0.15) is 32.4 Å². The molecule has 0 aliphatic carbocycles. The maximum atomic E-state index is 13.2. The van der Waals surface area contributed by atoms with Crippen LogP contribution in [-0.2, 0) is 0 Å². The van der Waals surface area contributed by atoms with Crippen LogP contribution in [0, 0.1) is 21.8 Å². The number of hydrogen-bond acceptors (Lipinski definition) is 4. The summed E-state index contributed by atoms with van der Waals surface area (Å²) in [6, 6.07) is 3.17. The number of halogens is 1. The van der Waals surface area contributed by atoms with Gasteiger partial charge in [0.15, 0.2) is 0 Å². The van der Waals surface area contributed by atoms with E-state index >= 15 is 0 Å². The Hall–Kier alpha value is -1.53. The number of nitrogens with zero attached hydrogens (tertiary/aromatic N) is 1. The Balaban J connectivity index is 2.84. The zero-order valence-corrected chi connectivity index (χ0v) is 11.3. The predicted molar refractivity (Wildman–Crippen MR) is 70.3 cm³/mol. The van der Waals surface area contributed by atoms with Crippen molar-refractivity contribution in [1.82, 2.24) is 5.32 Å². The average Bonchev–Trinajstić information content (AvgIpc) is 2.35. The molecule has 1 rings (SSSR count). The number of nitro groups is 1. The van der Waals surface area contributed by atoms with Crippen LogP contribution < -0.4 is 5.32 Å². The second kappa shape index (κ2) is 6.58. The number of aliphatic hydroxyl groups is 1. The van der Waals surface area contributed by atoms with E-state index in [9.17, 15) is 19.6 Å². The first-order chi connectivity index (χ1) is 8.82. The predicted octanol–water partition coefficient (Wildman–Crippen LogP) is 2.40. The molecule has 0 aromatic heterocycles. The van der Waals surface area contributed by atoms with Gasteiger partial charge in [0.2, 0.25) is 5.82 Å². The third-order valence-corrected chi connectivity index (χ3v) is 2.83. The van der Waals surface area contributed by atoms with Crippen molar-refractivity contribution in [2.24, 2.45) is 5.92 Å². The molecule has 0 bridgehead atoms. The van der Waals surface area contributed by atoms with Gasteiger partial charge in [-0.1, -0.05) is 19.9 Å². The molecule has 1 aromatic rings. The topological polar surface area (TPSA) is 75.4 Å². The van der Waals surface area contributed by atoms with Crippen LogP contribution in [0.5, 0.6) is 0 Å². The Labute approximate surface area is 111 Å². The molecule has 1 aromatic carbocycles. The van der Waals surface area contributed by atoms with Gasteiger partial charge in [0.1, 0.15) is 0 Å². The van der Waals surface area contributed by atoms with E-state index in [2.05, 4.69) is 5.32 Å². The fourth-order valence-corrected chi connectivity index (χ4v) is 1.68. The van der Waals surface area contributed by atoms with E-state index in [4.69, 9.17) is 0 Å². The summed E-state index contributed by atoms with van der Waals surface area (Å²) in [5, 5.41) is 23.9. The Morgan fingerprint density at radius 1 is 1.42 bits per heavy atom. The van der Waals surface area contributed by atoms with Crippen molar-refractivity contribution in [2.75, 3.05) is 6.54 Å². The summed E-state index contributed by atoms with van der Waals surface area (Å²) < 4.78 is 13.2. The molecule has 19 heavy (non-hydrogen) atoms. The van der Waals surface area contributed by atoms with Crippen molar-refractivity contribution in [1.29, 1.82) is 0 Å². The molecule has 0 saturated carbocycles. The minimum Gasteiger partial charge on any atom is -0.387 e. The quantitative estimate of drug-likeness (QED) is 0.615. The number of hydrogen-bond donors (Lipinski definition) is 2. The summed E-state index contributed by atoms with van der Waals surface area (Å²) in [7, 11) is 0. The lowest BCUT2D eigenvalue weighted by atomic mass is 10.0. The van der Waals surface area contributed by atoms with Crippen molar-refractivity contribution in [2.45, 2.75) is 32.9 Å². The van der Waals surface area contributed by atoms with Gasteiger partial charge in [0, 0.05) is 12.1 Å². The molecule has 2 N–H and O–H groups in total. The summed E-state index contributed by atoms with van der Waals surface area (Å²) in [5.74, 6) is -0.471. The zero-order chi connectivity index (χ0) is 14.6. The fourth-order valence-electron chi connectivity index (χ4n) is 1.68. The molecule has 0 spiro atoms. The lowest BCUT2D eigenvalue weighted by molar-refractivity contribution is -0.387.